The molecule has 1 N–H and O–H groups in total. The molecule has 5 nitrogen and oxygen atoms in total. The Kier molecular flexibility index (Phi) is 6.12. The Morgan fingerprint density at radius 3 is 2.74 bits per heavy atom. The highest BCUT2D eigenvalue weighted by atomic mass is 16.5. The summed E-state index contributed by atoms with van der Waals surface area (Å²) in [6.07, 6.45) is 2.31. The number of amides is 1. The van der Waals surface area contributed by atoms with Gasteiger partial charge in [-0.3, -0.25) is 10.1 Å². The van der Waals surface area contributed by atoms with E-state index in [4.69, 9.17) is 9.15 Å². The highest BCUT2D eigenvalue weighted by molar-refractivity contribution is 6.02. The van der Waals surface area contributed by atoms with Crippen LogP contribution in [0.2, 0.25) is 0 Å². The molecule has 0 saturated heterocycles. The van der Waals surface area contributed by atoms with Gasteiger partial charge in [-0.15, -0.1) is 0 Å². The Balaban J connectivity index is 2.71. The number of rotatable bonds is 5. The number of carbonyl (C=O) groups is 1. The lowest BCUT2D eigenvalue weighted by molar-refractivity contribution is 0.0937. The van der Waals surface area contributed by atoms with Crippen LogP contribution in [0.25, 0.3) is 0 Å². The van der Waals surface area contributed by atoms with Crippen LogP contribution in [0.15, 0.2) is 27.8 Å². The SMILES string of the molecule is CCCOC(=N[C@H](C)C(C)C)NC(=O)c1ccco1. The Labute approximate surface area is 114 Å². The summed E-state index contributed by atoms with van der Waals surface area (Å²) in [5.41, 5.74) is 0. The molecule has 106 valence electrons. The van der Waals surface area contributed by atoms with E-state index in [1.807, 2.05) is 13.8 Å². The standard InChI is InChI=1S/C14H22N2O3/c1-5-8-19-14(15-11(4)10(2)3)16-13(17)12-7-6-9-18-12/h6-7,9-11H,5,8H2,1-4H3,(H,15,16,17)/t11-/m1/s1. The fourth-order valence-corrected chi connectivity index (χ4v) is 1.20. The highest BCUT2D eigenvalue weighted by Crippen LogP contribution is 2.06. The monoisotopic (exact) mass is 266 g/mol. The number of hydrogen-bond donors (Lipinski definition) is 1. The maximum Gasteiger partial charge on any atom is 0.294 e. The molecule has 19 heavy (non-hydrogen) atoms. The average molecular weight is 266 g/mol. The van der Waals surface area contributed by atoms with Crippen LogP contribution in [0.1, 0.15) is 44.7 Å². The van der Waals surface area contributed by atoms with Gasteiger partial charge in [0.2, 0.25) is 0 Å². The zero-order chi connectivity index (χ0) is 14.3. The van der Waals surface area contributed by atoms with Crippen molar-refractivity contribution in [2.75, 3.05) is 6.61 Å². The lowest BCUT2D eigenvalue weighted by Crippen LogP contribution is -2.34. The van der Waals surface area contributed by atoms with Gasteiger partial charge in [0.25, 0.3) is 11.9 Å². The van der Waals surface area contributed by atoms with Gasteiger partial charge in [0.1, 0.15) is 0 Å². The molecule has 1 heterocycles. The molecule has 1 aromatic heterocycles. The normalized spacial score (nSPS) is 13.4. The fraction of sp³-hybridized carbons (Fsp3) is 0.571. The minimum Gasteiger partial charge on any atom is -0.465 e. The van der Waals surface area contributed by atoms with Crippen molar-refractivity contribution in [3.63, 3.8) is 0 Å². The molecular weight excluding hydrogens is 244 g/mol. The van der Waals surface area contributed by atoms with E-state index >= 15 is 0 Å². The largest absolute Gasteiger partial charge is 0.465 e. The van der Waals surface area contributed by atoms with Crippen LogP contribution in [0.3, 0.4) is 0 Å². The van der Waals surface area contributed by atoms with Crippen molar-refractivity contribution >= 4 is 11.9 Å². The minimum absolute atomic E-state index is 0.0729. The van der Waals surface area contributed by atoms with E-state index in [2.05, 4.69) is 24.2 Å². The topological polar surface area (TPSA) is 63.8 Å². The van der Waals surface area contributed by atoms with Gasteiger partial charge >= 0.3 is 0 Å². The molecule has 0 radical (unpaired) electrons. The molecule has 0 aliphatic rings. The smallest absolute Gasteiger partial charge is 0.294 e. The summed E-state index contributed by atoms with van der Waals surface area (Å²) in [6.45, 7) is 8.64. The summed E-state index contributed by atoms with van der Waals surface area (Å²) in [4.78, 5) is 16.2. The molecule has 5 heteroatoms. The number of ether oxygens (including phenoxy) is 1. The van der Waals surface area contributed by atoms with E-state index in [-0.39, 0.29) is 23.7 Å². The van der Waals surface area contributed by atoms with Crippen LogP contribution in [-0.4, -0.2) is 24.6 Å². The lowest BCUT2D eigenvalue weighted by Gasteiger charge is -2.14. The Bertz CT molecular complexity index is 410. The minimum atomic E-state index is -0.351. The molecule has 0 spiro atoms. The van der Waals surface area contributed by atoms with Crippen LogP contribution in [0.4, 0.5) is 0 Å². The first-order valence-corrected chi connectivity index (χ1v) is 6.60. The zero-order valence-electron chi connectivity index (χ0n) is 12.0. The summed E-state index contributed by atoms with van der Waals surface area (Å²) in [6, 6.07) is 3.58. The van der Waals surface area contributed by atoms with E-state index in [9.17, 15) is 4.79 Å². The van der Waals surface area contributed by atoms with E-state index in [0.29, 0.717) is 12.5 Å². The van der Waals surface area contributed by atoms with Gasteiger partial charge in [0.15, 0.2) is 5.76 Å². The van der Waals surface area contributed by atoms with Crippen LogP contribution < -0.4 is 5.32 Å². The molecule has 0 saturated carbocycles. The zero-order valence-corrected chi connectivity index (χ0v) is 12.0. The number of aliphatic imine (C=N–C) groups is 1. The van der Waals surface area contributed by atoms with Crippen molar-refractivity contribution < 1.29 is 13.9 Å². The van der Waals surface area contributed by atoms with Gasteiger partial charge < -0.3 is 9.15 Å². The molecule has 0 bridgehead atoms. The molecule has 0 fully saturated rings. The number of furan rings is 1. The Hall–Kier alpha value is -1.78. The molecule has 0 aliphatic carbocycles. The maximum atomic E-state index is 11.9. The summed E-state index contributed by atoms with van der Waals surface area (Å²) < 4.78 is 10.5. The van der Waals surface area contributed by atoms with Crippen LogP contribution in [-0.2, 0) is 4.74 Å². The predicted molar refractivity (Wildman–Crippen MR) is 74.2 cm³/mol. The van der Waals surface area contributed by atoms with Gasteiger partial charge in [-0.2, -0.15) is 0 Å². The van der Waals surface area contributed by atoms with Crippen molar-refractivity contribution in [1.82, 2.24) is 5.32 Å². The van der Waals surface area contributed by atoms with E-state index in [1.54, 1.807) is 12.1 Å². The number of nitrogens with zero attached hydrogens (tertiary/aromatic N) is 1. The van der Waals surface area contributed by atoms with Crippen LogP contribution >= 0.6 is 0 Å². The third kappa shape index (κ3) is 5.16. The molecule has 1 rings (SSSR count). The highest BCUT2D eigenvalue weighted by Gasteiger charge is 2.14. The molecule has 0 aliphatic heterocycles. The summed E-state index contributed by atoms with van der Waals surface area (Å²) in [5.74, 6) is 0.265. The number of hydrogen-bond acceptors (Lipinski definition) is 4. The number of amidine groups is 1. The van der Waals surface area contributed by atoms with E-state index < -0.39 is 0 Å². The maximum absolute atomic E-state index is 11.9. The first-order valence-electron chi connectivity index (χ1n) is 6.60. The van der Waals surface area contributed by atoms with Crippen molar-refractivity contribution in [2.45, 2.75) is 40.2 Å². The number of nitrogens with one attached hydrogen (secondary N) is 1. The van der Waals surface area contributed by atoms with Gasteiger partial charge in [0, 0.05) is 0 Å². The third-order valence-corrected chi connectivity index (χ3v) is 2.69. The van der Waals surface area contributed by atoms with Gasteiger partial charge in [-0.25, -0.2) is 4.99 Å². The van der Waals surface area contributed by atoms with E-state index in [1.165, 1.54) is 6.26 Å². The van der Waals surface area contributed by atoms with Gasteiger partial charge in [0.05, 0.1) is 18.9 Å². The van der Waals surface area contributed by atoms with Gasteiger partial charge in [-0.05, 0) is 31.4 Å². The number of carbonyl (C=O) groups excluding carboxylic acids is 1. The Morgan fingerprint density at radius 1 is 1.47 bits per heavy atom. The summed E-state index contributed by atoms with van der Waals surface area (Å²) >= 11 is 0. The first-order chi connectivity index (χ1) is 9.04. The van der Waals surface area contributed by atoms with Crippen LogP contribution in [0, 0.1) is 5.92 Å². The molecule has 1 amide bonds. The summed E-state index contributed by atoms with van der Waals surface area (Å²) in [5, 5.41) is 2.64. The molecule has 1 aromatic rings. The van der Waals surface area contributed by atoms with E-state index in [0.717, 1.165) is 6.42 Å². The van der Waals surface area contributed by atoms with Gasteiger partial charge in [-0.1, -0.05) is 20.8 Å². The second kappa shape index (κ2) is 7.61. The second-order valence-corrected chi connectivity index (χ2v) is 4.70. The summed E-state index contributed by atoms with van der Waals surface area (Å²) in [7, 11) is 0. The fourth-order valence-electron chi connectivity index (χ4n) is 1.20. The predicted octanol–water partition coefficient (Wildman–Crippen LogP) is 2.84. The van der Waals surface area contributed by atoms with Crippen LogP contribution in [0.5, 0.6) is 0 Å². The first kappa shape index (κ1) is 15.3. The lowest BCUT2D eigenvalue weighted by atomic mass is 10.1. The second-order valence-electron chi connectivity index (χ2n) is 4.70. The van der Waals surface area contributed by atoms with Crippen molar-refractivity contribution in [3.05, 3.63) is 24.2 Å². The Morgan fingerprint density at radius 2 is 2.21 bits per heavy atom. The van der Waals surface area contributed by atoms with Crippen molar-refractivity contribution in [2.24, 2.45) is 10.9 Å². The molecular formula is C14H22N2O3. The van der Waals surface area contributed by atoms with Crippen molar-refractivity contribution in [3.8, 4) is 0 Å². The average Bonchev–Trinajstić information content (AvgIpc) is 2.89. The quantitative estimate of drug-likeness (QED) is 0.658. The third-order valence-electron chi connectivity index (χ3n) is 2.69. The molecule has 0 aromatic carbocycles. The molecule has 1 atom stereocenters. The van der Waals surface area contributed by atoms with Crippen molar-refractivity contribution in [1.29, 1.82) is 0 Å². The molecule has 0 unspecified atom stereocenters.